The molecular weight excluding hydrogens is 314 g/mol. The lowest BCUT2D eigenvalue weighted by molar-refractivity contribution is 0.0741. The highest BCUT2D eigenvalue weighted by Gasteiger charge is 2.28. The van der Waals surface area contributed by atoms with Crippen molar-refractivity contribution < 1.29 is 18.3 Å². The van der Waals surface area contributed by atoms with Crippen molar-refractivity contribution in [1.29, 1.82) is 0 Å². The van der Waals surface area contributed by atoms with Gasteiger partial charge < -0.3 is 15.4 Å². The molecule has 1 atom stereocenters. The van der Waals surface area contributed by atoms with Crippen LogP contribution in [0.4, 0.5) is 8.78 Å². The topological polar surface area (TPSA) is 55.6 Å². The summed E-state index contributed by atoms with van der Waals surface area (Å²) in [6, 6.07) is 9.98. The summed E-state index contributed by atoms with van der Waals surface area (Å²) < 4.78 is 31.6. The van der Waals surface area contributed by atoms with Crippen LogP contribution in [0, 0.1) is 11.6 Å². The van der Waals surface area contributed by atoms with Gasteiger partial charge in [-0.3, -0.25) is 4.79 Å². The third kappa shape index (κ3) is 3.38. The lowest BCUT2D eigenvalue weighted by atomic mass is 10.1. The largest absolute Gasteiger partial charge is 0.457 e. The molecule has 126 valence electrons. The molecule has 0 spiro atoms. The van der Waals surface area contributed by atoms with Crippen molar-refractivity contribution in [2.24, 2.45) is 5.73 Å². The Morgan fingerprint density at radius 3 is 2.50 bits per heavy atom. The van der Waals surface area contributed by atoms with Crippen molar-refractivity contribution in [3.05, 3.63) is 59.7 Å². The molecule has 0 aromatic heterocycles. The predicted molar refractivity (Wildman–Crippen MR) is 86.0 cm³/mol. The fraction of sp³-hybridized carbons (Fsp3) is 0.278. The van der Waals surface area contributed by atoms with Gasteiger partial charge in [0, 0.05) is 30.8 Å². The summed E-state index contributed by atoms with van der Waals surface area (Å²) in [5.41, 5.74) is 6.25. The maximum Gasteiger partial charge on any atom is 0.254 e. The summed E-state index contributed by atoms with van der Waals surface area (Å²) in [4.78, 5) is 14.3. The zero-order chi connectivity index (χ0) is 17.1. The number of hydrogen-bond acceptors (Lipinski definition) is 3. The predicted octanol–water partition coefficient (Wildman–Crippen LogP) is 3.32. The number of carbonyl (C=O) groups excluding carboxylic acids is 1. The summed E-state index contributed by atoms with van der Waals surface area (Å²) in [5, 5.41) is 0. The minimum absolute atomic E-state index is 0.0534. The van der Waals surface area contributed by atoms with Crippen LogP contribution < -0.4 is 10.5 Å². The zero-order valence-electron chi connectivity index (χ0n) is 13.0. The minimum atomic E-state index is -0.971. The molecule has 4 nitrogen and oxygen atoms in total. The first-order chi connectivity index (χ1) is 11.6. The second-order valence-corrected chi connectivity index (χ2v) is 5.73. The Kier molecular flexibility index (Phi) is 4.76. The molecule has 0 bridgehead atoms. The number of halogens is 2. The summed E-state index contributed by atoms with van der Waals surface area (Å²) >= 11 is 0. The molecule has 1 fully saturated rings. The SMILES string of the molecule is NCC1CCCN1C(=O)c1ccc(Oc2ccc(F)c(F)c2)cc1. The van der Waals surface area contributed by atoms with E-state index in [9.17, 15) is 13.6 Å². The first-order valence-corrected chi connectivity index (χ1v) is 7.82. The van der Waals surface area contributed by atoms with E-state index in [1.54, 1.807) is 29.2 Å². The maximum absolute atomic E-state index is 13.2. The fourth-order valence-electron chi connectivity index (χ4n) is 2.86. The molecule has 0 radical (unpaired) electrons. The number of nitrogens with zero attached hydrogens (tertiary/aromatic N) is 1. The normalized spacial score (nSPS) is 17.1. The number of nitrogens with two attached hydrogens (primary N) is 1. The van der Waals surface area contributed by atoms with Crippen LogP contribution in [0.15, 0.2) is 42.5 Å². The molecule has 1 saturated heterocycles. The van der Waals surface area contributed by atoms with Crippen LogP contribution in [0.3, 0.4) is 0 Å². The fourth-order valence-corrected chi connectivity index (χ4v) is 2.86. The van der Waals surface area contributed by atoms with E-state index in [4.69, 9.17) is 10.5 Å². The Hall–Kier alpha value is -2.47. The Bertz CT molecular complexity index is 734. The van der Waals surface area contributed by atoms with Crippen LogP contribution in [-0.2, 0) is 0 Å². The van der Waals surface area contributed by atoms with E-state index in [0.717, 1.165) is 25.0 Å². The van der Waals surface area contributed by atoms with Gasteiger partial charge in [0.05, 0.1) is 0 Å². The lowest BCUT2D eigenvalue weighted by Gasteiger charge is -2.23. The second kappa shape index (κ2) is 6.97. The number of ether oxygens (including phenoxy) is 1. The number of carbonyl (C=O) groups is 1. The highest BCUT2D eigenvalue weighted by atomic mass is 19.2. The number of hydrogen-bond donors (Lipinski definition) is 1. The molecule has 0 aliphatic carbocycles. The molecule has 3 rings (SSSR count). The van der Waals surface area contributed by atoms with Gasteiger partial charge in [0.1, 0.15) is 11.5 Å². The molecule has 1 aliphatic rings. The van der Waals surface area contributed by atoms with Gasteiger partial charge in [-0.15, -0.1) is 0 Å². The Morgan fingerprint density at radius 1 is 1.12 bits per heavy atom. The molecule has 2 N–H and O–H groups in total. The van der Waals surface area contributed by atoms with Crippen LogP contribution in [0.1, 0.15) is 23.2 Å². The van der Waals surface area contributed by atoms with E-state index in [1.165, 1.54) is 6.07 Å². The number of benzene rings is 2. The first kappa shape index (κ1) is 16.4. The van der Waals surface area contributed by atoms with Gasteiger partial charge >= 0.3 is 0 Å². The van der Waals surface area contributed by atoms with Gasteiger partial charge in [0.25, 0.3) is 5.91 Å². The summed E-state index contributed by atoms with van der Waals surface area (Å²) in [6.07, 6.45) is 1.89. The van der Waals surface area contributed by atoms with Gasteiger partial charge in [-0.25, -0.2) is 8.78 Å². The molecular formula is C18H18F2N2O2. The van der Waals surface area contributed by atoms with Crippen LogP contribution in [0.2, 0.25) is 0 Å². The van der Waals surface area contributed by atoms with Crippen molar-refractivity contribution in [2.45, 2.75) is 18.9 Å². The van der Waals surface area contributed by atoms with Gasteiger partial charge in [0.15, 0.2) is 11.6 Å². The number of likely N-dealkylation sites (tertiary alicyclic amines) is 1. The van der Waals surface area contributed by atoms with E-state index < -0.39 is 11.6 Å². The second-order valence-electron chi connectivity index (χ2n) is 5.73. The summed E-state index contributed by atoms with van der Waals surface area (Å²) in [6.45, 7) is 1.18. The van der Waals surface area contributed by atoms with E-state index in [0.29, 0.717) is 24.4 Å². The highest BCUT2D eigenvalue weighted by Crippen LogP contribution is 2.25. The number of amides is 1. The maximum atomic E-state index is 13.2. The standard InChI is InChI=1S/C18H18F2N2O2/c19-16-8-7-15(10-17(16)20)24-14-5-3-12(4-6-14)18(23)22-9-1-2-13(22)11-21/h3-8,10,13H,1-2,9,11,21H2. The van der Waals surface area contributed by atoms with Crippen LogP contribution >= 0.6 is 0 Å². The van der Waals surface area contributed by atoms with E-state index in [1.807, 2.05) is 0 Å². The molecule has 24 heavy (non-hydrogen) atoms. The summed E-state index contributed by atoms with van der Waals surface area (Å²) in [7, 11) is 0. The van der Waals surface area contributed by atoms with Crippen molar-refractivity contribution in [2.75, 3.05) is 13.1 Å². The Balaban J connectivity index is 1.71. The van der Waals surface area contributed by atoms with E-state index in [2.05, 4.69) is 0 Å². The third-order valence-electron chi connectivity index (χ3n) is 4.14. The minimum Gasteiger partial charge on any atom is -0.457 e. The highest BCUT2D eigenvalue weighted by molar-refractivity contribution is 5.94. The van der Waals surface area contributed by atoms with Gasteiger partial charge in [-0.1, -0.05) is 0 Å². The summed E-state index contributed by atoms with van der Waals surface area (Å²) in [5.74, 6) is -1.32. The van der Waals surface area contributed by atoms with Gasteiger partial charge in [-0.2, -0.15) is 0 Å². The van der Waals surface area contributed by atoms with Crippen LogP contribution in [-0.4, -0.2) is 29.9 Å². The molecule has 1 unspecified atom stereocenters. The van der Waals surface area contributed by atoms with Crippen LogP contribution in [0.5, 0.6) is 11.5 Å². The molecule has 1 heterocycles. The van der Waals surface area contributed by atoms with Crippen molar-refractivity contribution in [1.82, 2.24) is 4.90 Å². The van der Waals surface area contributed by atoms with E-state index >= 15 is 0 Å². The average Bonchev–Trinajstić information content (AvgIpc) is 3.07. The molecule has 2 aromatic rings. The average molecular weight is 332 g/mol. The van der Waals surface area contributed by atoms with Crippen molar-refractivity contribution in [3.63, 3.8) is 0 Å². The monoisotopic (exact) mass is 332 g/mol. The molecule has 1 amide bonds. The lowest BCUT2D eigenvalue weighted by Crippen LogP contribution is -2.39. The zero-order valence-corrected chi connectivity index (χ0v) is 13.0. The quantitative estimate of drug-likeness (QED) is 0.934. The number of rotatable bonds is 4. The Morgan fingerprint density at radius 2 is 1.83 bits per heavy atom. The molecule has 2 aromatic carbocycles. The molecule has 6 heteroatoms. The van der Waals surface area contributed by atoms with E-state index in [-0.39, 0.29) is 17.7 Å². The smallest absolute Gasteiger partial charge is 0.254 e. The van der Waals surface area contributed by atoms with Crippen molar-refractivity contribution >= 4 is 5.91 Å². The van der Waals surface area contributed by atoms with Gasteiger partial charge in [-0.05, 0) is 49.2 Å². The Labute approximate surface area is 138 Å². The first-order valence-electron chi connectivity index (χ1n) is 7.82. The van der Waals surface area contributed by atoms with Gasteiger partial charge in [0.2, 0.25) is 0 Å². The third-order valence-corrected chi connectivity index (χ3v) is 4.14. The molecule has 1 aliphatic heterocycles. The van der Waals surface area contributed by atoms with Crippen LogP contribution in [0.25, 0.3) is 0 Å². The van der Waals surface area contributed by atoms with Crippen molar-refractivity contribution in [3.8, 4) is 11.5 Å². The molecule has 0 saturated carbocycles.